The van der Waals surface area contributed by atoms with Crippen LogP contribution in [0.15, 0.2) is 0 Å². The molecular formula is C13H29N3O3. The second kappa shape index (κ2) is 11.2. The lowest BCUT2D eigenvalue weighted by atomic mass is 10.0. The zero-order chi connectivity index (χ0) is 14.7. The smallest absolute Gasteiger partial charge is 0.251 e. The predicted octanol–water partition coefficient (Wildman–Crippen LogP) is 0.376. The fourth-order valence-electron chi connectivity index (χ4n) is 2.02. The summed E-state index contributed by atoms with van der Waals surface area (Å²) in [6.45, 7) is 11.9. The monoisotopic (exact) mass is 275 g/mol. The molecule has 1 amide bonds. The summed E-state index contributed by atoms with van der Waals surface area (Å²) in [6.07, 6.45) is 0. The quantitative estimate of drug-likeness (QED) is 0.247. The summed E-state index contributed by atoms with van der Waals surface area (Å²) in [5.41, 5.74) is 2.25. The molecule has 3 N–H and O–H groups in total. The van der Waals surface area contributed by atoms with Crippen molar-refractivity contribution in [3.05, 3.63) is 0 Å². The standard InChI is InChI=1S/C13H29N3O3/c1-5-18-9-7-16(8-10-19-6-2)12(11(3)4)13(17)15-14/h11-12H,5-10,14H2,1-4H3,(H,15,17). The lowest BCUT2D eigenvalue weighted by Gasteiger charge is -2.32. The molecule has 0 aromatic heterocycles. The van der Waals surface area contributed by atoms with Gasteiger partial charge in [0.1, 0.15) is 0 Å². The maximum Gasteiger partial charge on any atom is 0.251 e. The third-order valence-corrected chi connectivity index (χ3v) is 2.89. The van der Waals surface area contributed by atoms with Gasteiger partial charge in [-0.15, -0.1) is 0 Å². The molecule has 1 atom stereocenters. The summed E-state index contributed by atoms with van der Waals surface area (Å²) >= 11 is 0. The Hall–Kier alpha value is -0.690. The molecule has 0 bridgehead atoms. The molecule has 0 rings (SSSR count). The van der Waals surface area contributed by atoms with Crippen molar-refractivity contribution < 1.29 is 14.3 Å². The van der Waals surface area contributed by atoms with Gasteiger partial charge < -0.3 is 9.47 Å². The average molecular weight is 275 g/mol. The molecule has 0 heterocycles. The minimum Gasteiger partial charge on any atom is -0.380 e. The number of carbonyl (C=O) groups excluding carboxylic acids is 1. The van der Waals surface area contributed by atoms with E-state index in [9.17, 15) is 4.79 Å². The van der Waals surface area contributed by atoms with Crippen LogP contribution in [0.25, 0.3) is 0 Å². The summed E-state index contributed by atoms with van der Waals surface area (Å²) in [5, 5.41) is 0. The Morgan fingerprint density at radius 2 is 1.63 bits per heavy atom. The Bertz CT molecular complexity index is 227. The van der Waals surface area contributed by atoms with Crippen molar-refractivity contribution in [3.63, 3.8) is 0 Å². The van der Waals surface area contributed by atoms with Crippen LogP contribution < -0.4 is 11.3 Å². The lowest BCUT2D eigenvalue weighted by molar-refractivity contribution is -0.128. The first kappa shape index (κ1) is 18.3. The summed E-state index contributed by atoms with van der Waals surface area (Å²) in [6, 6.07) is -0.258. The summed E-state index contributed by atoms with van der Waals surface area (Å²) < 4.78 is 10.7. The van der Waals surface area contributed by atoms with Crippen LogP contribution in [0.5, 0.6) is 0 Å². The molecule has 19 heavy (non-hydrogen) atoms. The maximum atomic E-state index is 11.9. The number of carbonyl (C=O) groups is 1. The fourth-order valence-corrected chi connectivity index (χ4v) is 2.02. The number of rotatable bonds is 11. The van der Waals surface area contributed by atoms with Gasteiger partial charge in [-0.05, 0) is 19.8 Å². The minimum absolute atomic E-state index is 0.164. The van der Waals surface area contributed by atoms with Gasteiger partial charge in [-0.3, -0.25) is 15.1 Å². The van der Waals surface area contributed by atoms with Gasteiger partial charge in [0, 0.05) is 26.3 Å². The lowest BCUT2D eigenvalue weighted by Crippen LogP contribution is -2.53. The molecule has 0 saturated heterocycles. The predicted molar refractivity (Wildman–Crippen MR) is 75.5 cm³/mol. The van der Waals surface area contributed by atoms with Crippen molar-refractivity contribution in [1.29, 1.82) is 0 Å². The molecule has 0 aromatic rings. The molecule has 6 heteroatoms. The van der Waals surface area contributed by atoms with Gasteiger partial charge in [0.15, 0.2) is 0 Å². The molecule has 114 valence electrons. The summed E-state index contributed by atoms with van der Waals surface area (Å²) in [7, 11) is 0. The van der Waals surface area contributed by atoms with E-state index < -0.39 is 0 Å². The molecular weight excluding hydrogens is 246 g/mol. The molecule has 1 unspecified atom stereocenters. The van der Waals surface area contributed by atoms with Gasteiger partial charge in [0.05, 0.1) is 19.3 Å². The number of amides is 1. The number of nitrogens with one attached hydrogen (secondary N) is 1. The van der Waals surface area contributed by atoms with E-state index in [0.29, 0.717) is 39.5 Å². The molecule has 0 saturated carbocycles. The summed E-state index contributed by atoms with van der Waals surface area (Å²) in [5.74, 6) is 5.28. The largest absolute Gasteiger partial charge is 0.380 e. The van der Waals surface area contributed by atoms with E-state index in [1.807, 2.05) is 27.7 Å². The normalized spacial score (nSPS) is 13.0. The molecule has 0 spiro atoms. The zero-order valence-electron chi connectivity index (χ0n) is 12.6. The zero-order valence-corrected chi connectivity index (χ0v) is 12.6. The van der Waals surface area contributed by atoms with Crippen LogP contribution >= 0.6 is 0 Å². The van der Waals surface area contributed by atoms with Crippen molar-refractivity contribution in [2.75, 3.05) is 39.5 Å². The second-order valence-electron chi connectivity index (χ2n) is 4.63. The van der Waals surface area contributed by atoms with E-state index >= 15 is 0 Å². The summed E-state index contributed by atoms with van der Waals surface area (Å²) in [4.78, 5) is 14.0. The van der Waals surface area contributed by atoms with Gasteiger partial charge in [0.25, 0.3) is 5.91 Å². The van der Waals surface area contributed by atoms with E-state index in [-0.39, 0.29) is 17.9 Å². The number of nitrogens with zero attached hydrogens (tertiary/aromatic N) is 1. The van der Waals surface area contributed by atoms with Crippen molar-refractivity contribution in [1.82, 2.24) is 10.3 Å². The number of nitrogens with two attached hydrogens (primary N) is 1. The third kappa shape index (κ3) is 7.47. The van der Waals surface area contributed by atoms with Gasteiger partial charge in [0.2, 0.25) is 0 Å². The highest BCUT2D eigenvalue weighted by atomic mass is 16.5. The van der Waals surface area contributed by atoms with Gasteiger partial charge in [-0.1, -0.05) is 13.8 Å². The van der Waals surface area contributed by atoms with Gasteiger partial charge in [-0.25, -0.2) is 5.84 Å². The van der Waals surface area contributed by atoms with E-state index in [2.05, 4.69) is 10.3 Å². The Kier molecular flexibility index (Phi) is 10.8. The highest BCUT2D eigenvalue weighted by Gasteiger charge is 2.28. The molecule has 0 radical (unpaired) electrons. The number of ether oxygens (including phenoxy) is 2. The van der Waals surface area contributed by atoms with E-state index in [4.69, 9.17) is 15.3 Å². The third-order valence-electron chi connectivity index (χ3n) is 2.89. The van der Waals surface area contributed by atoms with E-state index in [1.165, 1.54) is 0 Å². The van der Waals surface area contributed by atoms with Gasteiger partial charge in [-0.2, -0.15) is 0 Å². The van der Waals surface area contributed by atoms with Crippen molar-refractivity contribution in [3.8, 4) is 0 Å². The Labute approximate surface area is 116 Å². The highest BCUT2D eigenvalue weighted by molar-refractivity contribution is 5.81. The van der Waals surface area contributed by atoms with Crippen LogP contribution in [0.2, 0.25) is 0 Å². The van der Waals surface area contributed by atoms with Gasteiger partial charge >= 0.3 is 0 Å². The average Bonchev–Trinajstić information content (AvgIpc) is 2.38. The SMILES string of the molecule is CCOCCN(CCOCC)C(C(=O)NN)C(C)C. The van der Waals surface area contributed by atoms with Crippen LogP contribution in [0, 0.1) is 5.92 Å². The Balaban J connectivity index is 4.57. The van der Waals surface area contributed by atoms with Crippen molar-refractivity contribution in [2.45, 2.75) is 33.7 Å². The Morgan fingerprint density at radius 1 is 1.16 bits per heavy atom. The first-order valence-electron chi connectivity index (χ1n) is 6.98. The van der Waals surface area contributed by atoms with Crippen molar-refractivity contribution in [2.24, 2.45) is 11.8 Å². The van der Waals surface area contributed by atoms with Crippen LogP contribution in [0.3, 0.4) is 0 Å². The molecule has 0 aliphatic carbocycles. The molecule has 0 fully saturated rings. The molecule has 6 nitrogen and oxygen atoms in total. The topological polar surface area (TPSA) is 76.8 Å². The molecule has 0 aliphatic rings. The first-order valence-corrected chi connectivity index (χ1v) is 6.98. The van der Waals surface area contributed by atoms with Crippen LogP contribution in [-0.2, 0) is 14.3 Å². The van der Waals surface area contributed by atoms with Crippen molar-refractivity contribution >= 4 is 5.91 Å². The number of hydrogen-bond donors (Lipinski definition) is 2. The van der Waals surface area contributed by atoms with Crippen LogP contribution in [-0.4, -0.2) is 56.4 Å². The highest BCUT2D eigenvalue weighted by Crippen LogP contribution is 2.11. The number of hydrazine groups is 1. The maximum absolute atomic E-state index is 11.9. The van der Waals surface area contributed by atoms with E-state index in [1.54, 1.807) is 0 Å². The fraction of sp³-hybridized carbons (Fsp3) is 0.923. The number of hydrogen-bond acceptors (Lipinski definition) is 5. The second-order valence-corrected chi connectivity index (χ2v) is 4.63. The van der Waals surface area contributed by atoms with Crippen LogP contribution in [0.1, 0.15) is 27.7 Å². The first-order chi connectivity index (χ1) is 9.08. The van der Waals surface area contributed by atoms with E-state index in [0.717, 1.165) is 0 Å². The Morgan fingerprint density at radius 3 is 1.95 bits per heavy atom. The minimum atomic E-state index is -0.258. The molecule has 0 aliphatic heterocycles. The van der Waals surface area contributed by atoms with Crippen LogP contribution in [0.4, 0.5) is 0 Å². The molecule has 0 aromatic carbocycles.